The molecule has 2 aliphatic rings. The number of aromatic nitrogens is 6. The van der Waals surface area contributed by atoms with Gasteiger partial charge in [-0.1, -0.05) is 24.3 Å². The second-order valence-electron chi connectivity index (χ2n) is 16.3. The number of rotatable bonds is 20. The number of aliphatic hydroxyl groups excluding tert-OH is 2. The van der Waals surface area contributed by atoms with Gasteiger partial charge in [-0.25, -0.2) is 0 Å². The van der Waals surface area contributed by atoms with Crippen molar-refractivity contribution < 1.29 is 62.1 Å². The Hall–Kier alpha value is -5.44. The summed E-state index contributed by atoms with van der Waals surface area (Å²) < 4.78 is 135. The van der Waals surface area contributed by atoms with Crippen molar-refractivity contribution in [2.24, 2.45) is 11.8 Å². The van der Waals surface area contributed by atoms with Crippen molar-refractivity contribution in [2.75, 3.05) is 82.0 Å². The zero-order valence-electron chi connectivity index (χ0n) is 36.6. The van der Waals surface area contributed by atoms with Crippen molar-refractivity contribution in [3.05, 3.63) is 47.5 Å². The summed E-state index contributed by atoms with van der Waals surface area (Å²) in [5, 5.41) is 30.5. The summed E-state index contributed by atoms with van der Waals surface area (Å²) in [6, 6.07) is 7.23. The van der Waals surface area contributed by atoms with E-state index in [-0.39, 0.29) is 108 Å². The molecule has 372 valence electrons. The fourth-order valence-corrected chi connectivity index (χ4v) is 9.83. The van der Waals surface area contributed by atoms with Gasteiger partial charge in [0.15, 0.2) is 0 Å². The molecule has 2 aromatic heterocycles. The topological polar surface area (TPSA) is 390 Å². The van der Waals surface area contributed by atoms with Crippen LogP contribution >= 0.6 is 0 Å². The zero-order valence-corrected chi connectivity index (χ0v) is 39.8. The van der Waals surface area contributed by atoms with Crippen LogP contribution in [0.1, 0.15) is 50.7 Å². The highest BCUT2D eigenvalue weighted by Gasteiger charge is 2.30. The van der Waals surface area contributed by atoms with Gasteiger partial charge in [0.1, 0.15) is 9.79 Å². The van der Waals surface area contributed by atoms with Crippen LogP contribution in [0, 0.1) is 11.8 Å². The molecule has 6 rings (SSSR count). The fraction of sp³-hybridized carbons (Fsp3) is 0.474. The molecule has 4 heterocycles. The van der Waals surface area contributed by atoms with Crippen molar-refractivity contribution >= 4 is 99.7 Å². The van der Waals surface area contributed by atoms with Crippen molar-refractivity contribution in [1.82, 2.24) is 29.9 Å². The Bertz CT molecular complexity index is 2750. The van der Waals surface area contributed by atoms with E-state index in [2.05, 4.69) is 51.2 Å². The molecule has 4 unspecified atom stereocenters. The van der Waals surface area contributed by atoms with E-state index in [1.54, 1.807) is 0 Å². The molecule has 0 amide bonds. The molecule has 2 saturated heterocycles. The van der Waals surface area contributed by atoms with Crippen LogP contribution in [0.4, 0.5) is 47.1 Å². The lowest BCUT2D eigenvalue weighted by Crippen LogP contribution is -2.42. The maximum Gasteiger partial charge on any atom is 0.295 e. The van der Waals surface area contributed by atoms with Gasteiger partial charge in [-0.2, -0.15) is 63.6 Å². The first kappa shape index (κ1) is 51.9. The van der Waals surface area contributed by atoms with Gasteiger partial charge >= 0.3 is 0 Å². The third-order valence-corrected chi connectivity index (χ3v) is 14.3. The Morgan fingerprint density at radius 3 is 1.26 bits per heavy atom. The molecular weight excluding hydrogens is 977 g/mol. The monoisotopic (exact) mass is 1030 g/mol. The predicted octanol–water partition coefficient (Wildman–Crippen LogP) is 2.00. The van der Waals surface area contributed by atoms with E-state index in [1.807, 2.05) is 23.6 Å². The number of anilines is 8. The van der Waals surface area contributed by atoms with Crippen LogP contribution < -0.4 is 31.1 Å². The third kappa shape index (κ3) is 14.5. The summed E-state index contributed by atoms with van der Waals surface area (Å²) in [7, 11) is -18.6. The molecule has 10 N–H and O–H groups in total. The van der Waals surface area contributed by atoms with E-state index < -0.39 is 61.8 Å². The highest BCUT2D eigenvalue weighted by atomic mass is 32.2. The summed E-state index contributed by atoms with van der Waals surface area (Å²) in [5.74, 6) is -1.26. The van der Waals surface area contributed by atoms with E-state index in [1.165, 1.54) is 36.4 Å². The molecule has 2 aliphatic heterocycles. The standard InChI is InChI=1S/C38H52N12O14S4/c1-23-17-25(21-51)9-13-49(23)37-45-33(39-11-15-65(53,54)55)43-35(47-37)41-29-7-5-27(31(19-29)67(59,60)61)3-4-28-6-8-30(20-32(28)68(62,63)64)42-36-44-34(40-12-16-66(56,57)58)46-38(48-36)50-14-10-26(22-52)18-24(50)2/h3-8,19-20,23-26,51-52H,9-18,21-22H2,1-2H3,(H,53,54,55)(H,56,57,58)(H,59,60,61)(H,62,63,64)(H2,39,41,43,45,47)(H2,40,42,44,46,48). The van der Waals surface area contributed by atoms with E-state index in [0.717, 1.165) is 12.1 Å². The predicted molar refractivity (Wildman–Crippen MR) is 251 cm³/mol. The average molecular weight is 1030 g/mol. The number of nitrogens with one attached hydrogen (secondary N) is 4. The largest absolute Gasteiger partial charge is 0.396 e. The molecule has 0 aliphatic carbocycles. The second-order valence-corrected chi connectivity index (χ2v) is 22.2. The van der Waals surface area contributed by atoms with Crippen LogP contribution in [0.15, 0.2) is 46.2 Å². The summed E-state index contributed by atoms with van der Waals surface area (Å²) in [6.07, 6.45) is 4.85. The summed E-state index contributed by atoms with van der Waals surface area (Å²) in [5.41, 5.74) is -0.122. The lowest BCUT2D eigenvalue weighted by molar-refractivity contribution is 0.190. The Morgan fingerprint density at radius 1 is 0.574 bits per heavy atom. The van der Waals surface area contributed by atoms with Crippen LogP contribution in [0.3, 0.4) is 0 Å². The van der Waals surface area contributed by atoms with Gasteiger partial charge < -0.3 is 41.3 Å². The molecule has 2 aromatic carbocycles. The Labute approximate surface area is 392 Å². The van der Waals surface area contributed by atoms with Crippen LogP contribution in [0.5, 0.6) is 0 Å². The fourth-order valence-electron chi connectivity index (χ4n) is 7.69. The van der Waals surface area contributed by atoms with Crippen molar-refractivity contribution in [2.45, 2.75) is 61.4 Å². The SMILES string of the molecule is CC1CC(CO)CCN1c1nc(NCCS(=O)(=O)O)nc(Nc2ccc(C=Cc3ccc(Nc4nc(NCCS(=O)(=O)O)nc(N5CCC(CO)CC5C)n4)cc3S(=O)(=O)O)c(S(=O)(=O)O)c2)n1. The number of piperidine rings is 2. The lowest BCUT2D eigenvalue weighted by Gasteiger charge is -2.37. The number of benzene rings is 2. The maximum absolute atomic E-state index is 12.7. The first-order chi connectivity index (χ1) is 31.9. The molecule has 26 nitrogen and oxygen atoms in total. The molecule has 0 bridgehead atoms. The van der Waals surface area contributed by atoms with Crippen molar-refractivity contribution in [3.8, 4) is 0 Å². The number of hydrogen-bond donors (Lipinski definition) is 10. The van der Waals surface area contributed by atoms with E-state index >= 15 is 0 Å². The van der Waals surface area contributed by atoms with Crippen molar-refractivity contribution in [1.29, 1.82) is 0 Å². The maximum atomic E-state index is 12.7. The van der Waals surface area contributed by atoms with E-state index in [4.69, 9.17) is 0 Å². The van der Waals surface area contributed by atoms with Gasteiger partial charge in [0.2, 0.25) is 35.7 Å². The second kappa shape index (κ2) is 21.5. The first-order valence-corrected chi connectivity index (χ1v) is 27.1. The smallest absolute Gasteiger partial charge is 0.295 e. The minimum absolute atomic E-state index is 0.00207. The van der Waals surface area contributed by atoms with Gasteiger partial charge in [-0.3, -0.25) is 18.2 Å². The highest BCUT2D eigenvalue weighted by molar-refractivity contribution is 7.86. The van der Waals surface area contributed by atoms with Crippen LogP contribution in [-0.2, 0) is 40.5 Å². The zero-order chi connectivity index (χ0) is 49.6. The first-order valence-electron chi connectivity index (χ1n) is 21.0. The van der Waals surface area contributed by atoms with E-state index in [0.29, 0.717) is 38.8 Å². The Morgan fingerprint density at radius 2 is 0.941 bits per heavy atom. The van der Waals surface area contributed by atoms with Crippen LogP contribution in [0.2, 0.25) is 0 Å². The number of hydrogen-bond acceptors (Lipinski definition) is 22. The van der Waals surface area contributed by atoms with Gasteiger partial charge in [0.25, 0.3) is 40.5 Å². The molecule has 2 fully saturated rings. The Kier molecular flexibility index (Phi) is 16.4. The highest BCUT2D eigenvalue weighted by Crippen LogP contribution is 2.32. The minimum atomic E-state index is -4.97. The van der Waals surface area contributed by atoms with E-state index in [9.17, 15) is 62.1 Å². The normalized spacial score (nSPS) is 19.5. The Balaban J connectivity index is 1.28. The molecule has 0 spiro atoms. The molecule has 0 saturated carbocycles. The molecule has 0 radical (unpaired) electrons. The summed E-state index contributed by atoms with van der Waals surface area (Å²) >= 11 is 0. The van der Waals surface area contributed by atoms with Gasteiger partial charge in [0, 0.05) is 62.9 Å². The summed E-state index contributed by atoms with van der Waals surface area (Å²) in [4.78, 5) is 28.7. The summed E-state index contributed by atoms with van der Waals surface area (Å²) in [6.45, 7) is 4.20. The minimum Gasteiger partial charge on any atom is -0.396 e. The lowest BCUT2D eigenvalue weighted by atomic mass is 9.93. The van der Waals surface area contributed by atoms with Crippen molar-refractivity contribution in [3.63, 3.8) is 0 Å². The van der Waals surface area contributed by atoms with Crippen LogP contribution in [-0.4, -0.2) is 155 Å². The van der Waals surface area contributed by atoms with Gasteiger partial charge in [0.05, 0.1) is 11.5 Å². The molecule has 30 heteroatoms. The van der Waals surface area contributed by atoms with Crippen LogP contribution in [0.25, 0.3) is 12.2 Å². The van der Waals surface area contributed by atoms with Gasteiger partial charge in [-0.05, 0) is 86.8 Å². The third-order valence-electron chi connectivity index (χ3n) is 11.1. The molecule has 68 heavy (non-hydrogen) atoms. The number of aliphatic hydroxyl groups is 2. The average Bonchev–Trinajstić information content (AvgIpc) is 3.24. The molecular formula is C38H52N12O14S4. The number of nitrogens with zero attached hydrogens (tertiary/aromatic N) is 8. The van der Waals surface area contributed by atoms with Gasteiger partial charge in [-0.15, -0.1) is 0 Å². The quantitative estimate of drug-likeness (QED) is 0.0447. The molecule has 4 atom stereocenters. The molecule has 4 aromatic rings.